The molecule has 30 heavy (non-hydrogen) atoms. The highest BCUT2D eigenvalue weighted by Crippen LogP contribution is 2.32. The minimum Gasteiger partial charge on any atom is -0.337 e. The normalized spacial score (nSPS) is 16.0. The summed E-state index contributed by atoms with van der Waals surface area (Å²) in [4.78, 5) is 34.9. The third-order valence-electron chi connectivity index (χ3n) is 5.14. The second-order valence-electron chi connectivity index (χ2n) is 7.45. The van der Waals surface area contributed by atoms with Gasteiger partial charge in [-0.25, -0.2) is 4.98 Å². The maximum atomic E-state index is 13.1. The molecule has 2 amide bonds. The molecule has 2 heterocycles. The van der Waals surface area contributed by atoms with E-state index < -0.39 is 0 Å². The van der Waals surface area contributed by atoms with Gasteiger partial charge in [0.2, 0.25) is 11.8 Å². The molecule has 3 aromatic rings. The predicted octanol–water partition coefficient (Wildman–Crippen LogP) is 4.16. The van der Waals surface area contributed by atoms with Gasteiger partial charge in [-0.1, -0.05) is 54.2 Å². The van der Waals surface area contributed by atoms with Gasteiger partial charge in [-0.05, 0) is 31.5 Å². The van der Waals surface area contributed by atoms with Gasteiger partial charge in [0.15, 0.2) is 5.16 Å². The summed E-state index contributed by atoms with van der Waals surface area (Å²) in [5.74, 6) is 0.116. The fraction of sp³-hybridized carbons (Fsp3) is 0.261. The lowest BCUT2D eigenvalue weighted by Gasteiger charge is -2.27. The van der Waals surface area contributed by atoms with E-state index in [4.69, 9.17) is 0 Å². The van der Waals surface area contributed by atoms with Gasteiger partial charge in [0, 0.05) is 24.6 Å². The maximum absolute atomic E-state index is 13.1. The molecular weight excluding hydrogens is 396 g/mol. The van der Waals surface area contributed by atoms with Crippen molar-refractivity contribution in [3.63, 3.8) is 0 Å². The Kier molecular flexibility index (Phi) is 5.90. The van der Waals surface area contributed by atoms with Crippen LogP contribution in [0, 0.1) is 6.92 Å². The molecule has 0 spiro atoms. The van der Waals surface area contributed by atoms with E-state index in [0.29, 0.717) is 5.69 Å². The van der Waals surface area contributed by atoms with Crippen LogP contribution in [-0.2, 0) is 16.0 Å². The number of hydrogen-bond acceptors (Lipinski definition) is 4. The Morgan fingerprint density at radius 3 is 2.70 bits per heavy atom. The molecule has 0 bridgehead atoms. The van der Waals surface area contributed by atoms with Crippen LogP contribution in [0.25, 0.3) is 0 Å². The lowest BCUT2D eigenvalue weighted by molar-refractivity contribution is -0.117. The van der Waals surface area contributed by atoms with E-state index in [9.17, 15) is 9.59 Å². The molecule has 6 nitrogen and oxygen atoms in total. The number of carbonyl (C=O) groups is 2. The molecule has 2 aromatic carbocycles. The van der Waals surface area contributed by atoms with Crippen LogP contribution in [0.2, 0.25) is 0 Å². The highest BCUT2D eigenvalue weighted by molar-refractivity contribution is 7.99. The number of aryl methyl sites for hydroxylation is 1. The van der Waals surface area contributed by atoms with E-state index >= 15 is 0 Å². The summed E-state index contributed by atoms with van der Waals surface area (Å²) in [7, 11) is 0. The summed E-state index contributed by atoms with van der Waals surface area (Å²) in [6.45, 7) is 3.90. The fourth-order valence-corrected chi connectivity index (χ4v) is 4.46. The van der Waals surface area contributed by atoms with Crippen LogP contribution in [0.15, 0.2) is 59.8 Å². The number of amides is 2. The van der Waals surface area contributed by atoms with Crippen LogP contribution in [0.4, 0.5) is 11.4 Å². The van der Waals surface area contributed by atoms with Gasteiger partial charge in [-0.3, -0.25) is 9.59 Å². The van der Waals surface area contributed by atoms with Gasteiger partial charge in [-0.15, -0.1) is 0 Å². The van der Waals surface area contributed by atoms with Crippen molar-refractivity contribution in [3.8, 4) is 0 Å². The first-order valence-corrected chi connectivity index (χ1v) is 10.9. The van der Waals surface area contributed by atoms with Crippen molar-refractivity contribution in [2.45, 2.75) is 37.9 Å². The van der Waals surface area contributed by atoms with Crippen molar-refractivity contribution in [3.05, 3.63) is 71.5 Å². The first-order valence-electron chi connectivity index (χ1n) is 9.94. The average Bonchev–Trinajstić information content (AvgIpc) is 3.01. The Labute approximate surface area is 180 Å². The SMILES string of the molecule is Cc1[nH]c(SCC(=O)N2c3ccccc3NC(=O)CC2C)nc1Cc1ccccc1. The first-order chi connectivity index (χ1) is 14.5. The lowest BCUT2D eigenvalue weighted by atomic mass is 10.1. The number of H-pyrrole nitrogens is 1. The number of aromatic nitrogens is 2. The molecule has 0 fully saturated rings. The minimum absolute atomic E-state index is 0.0462. The van der Waals surface area contributed by atoms with Crippen molar-refractivity contribution in [1.82, 2.24) is 9.97 Å². The van der Waals surface area contributed by atoms with E-state index in [1.807, 2.05) is 56.3 Å². The largest absolute Gasteiger partial charge is 0.337 e. The quantitative estimate of drug-likeness (QED) is 0.608. The number of aromatic amines is 1. The third-order valence-corrected chi connectivity index (χ3v) is 6.00. The van der Waals surface area contributed by atoms with Crippen LogP contribution in [0.5, 0.6) is 0 Å². The molecule has 0 saturated heterocycles. The number of imidazole rings is 1. The fourth-order valence-electron chi connectivity index (χ4n) is 3.66. The van der Waals surface area contributed by atoms with E-state index in [-0.39, 0.29) is 30.0 Å². The van der Waals surface area contributed by atoms with Crippen LogP contribution < -0.4 is 10.2 Å². The van der Waals surface area contributed by atoms with Crippen LogP contribution in [0.1, 0.15) is 30.3 Å². The van der Waals surface area contributed by atoms with E-state index in [1.165, 1.54) is 17.3 Å². The number of benzene rings is 2. The Hall–Kier alpha value is -3.06. The Morgan fingerprint density at radius 1 is 1.17 bits per heavy atom. The number of anilines is 2. The summed E-state index contributed by atoms with van der Waals surface area (Å²) in [6, 6.07) is 17.4. The van der Waals surface area contributed by atoms with Crippen molar-refractivity contribution in [1.29, 1.82) is 0 Å². The second-order valence-corrected chi connectivity index (χ2v) is 8.41. The molecule has 1 unspecified atom stereocenters. The number of rotatable bonds is 5. The summed E-state index contributed by atoms with van der Waals surface area (Å²) < 4.78 is 0. The molecule has 1 aliphatic heterocycles. The van der Waals surface area contributed by atoms with Gasteiger partial charge >= 0.3 is 0 Å². The van der Waals surface area contributed by atoms with Gasteiger partial charge in [-0.2, -0.15) is 0 Å². The number of para-hydroxylation sites is 2. The molecule has 2 N–H and O–H groups in total. The van der Waals surface area contributed by atoms with E-state index in [2.05, 4.69) is 27.4 Å². The number of nitrogens with zero attached hydrogens (tertiary/aromatic N) is 2. The van der Waals surface area contributed by atoms with Crippen molar-refractivity contribution < 1.29 is 9.59 Å². The summed E-state index contributed by atoms with van der Waals surface area (Å²) in [5, 5.41) is 3.62. The van der Waals surface area contributed by atoms with Gasteiger partial charge < -0.3 is 15.2 Å². The van der Waals surface area contributed by atoms with Gasteiger partial charge in [0.25, 0.3) is 0 Å². The monoisotopic (exact) mass is 420 g/mol. The standard InChI is InChI=1S/C23H24N4O2S/c1-15-12-21(28)25-18-10-6-7-11-20(18)27(15)22(29)14-30-23-24-16(2)19(26-23)13-17-8-4-3-5-9-17/h3-11,15H,12-14H2,1-2H3,(H,24,26)(H,25,28). The van der Waals surface area contributed by atoms with Gasteiger partial charge in [0.1, 0.15) is 0 Å². The minimum atomic E-state index is -0.214. The highest BCUT2D eigenvalue weighted by atomic mass is 32.2. The molecular formula is C23H24N4O2S. The van der Waals surface area contributed by atoms with Crippen molar-refractivity contribution in [2.75, 3.05) is 16.0 Å². The highest BCUT2D eigenvalue weighted by Gasteiger charge is 2.29. The smallest absolute Gasteiger partial charge is 0.237 e. The van der Waals surface area contributed by atoms with Crippen molar-refractivity contribution >= 4 is 35.0 Å². The Balaban J connectivity index is 1.47. The summed E-state index contributed by atoms with van der Waals surface area (Å²) in [5.41, 5.74) is 4.61. The lowest BCUT2D eigenvalue weighted by Crippen LogP contribution is -2.40. The van der Waals surface area contributed by atoms with E-state index in [0.717, 1.165) is 28.7 Å². The molecule has 1 aromatic heterocycles. The third kappa shape index (κ3) is 4.41. The number of hydrogen-bond donors (Lipinski definition) is 2. The van der Waals surface area contributed by atoms with Gasteiger partial charge in [0.05, 0.1) is 22.8 Å². The molecule has 1 aliphatic rings. The number of nitrogens with one attached hydrogen (secondary N) is 2. The maximum Gasteiger partial charge on any atom is 0.237 e. The number of fused-ring (bicyclic) bond motifs is 1. The zero-order valence-electron chi connectivity index (χ0n) is 17.0. The molecule has 0 radical (unpaired) electrons. The first kappa shape index (κ1) is 20.2. The average molecular weight is 421 g/mol. The van der Waals surface area contributed by atoms with Crippen molar-refractivity contribution in [2.24, 2.45) is 0 Å². The Morgan fingerprint density at radius 2 is 1.90 bits per heavy atom. The van der Waals surface area contributed by atoms with Crippen LogP contribution in [-0.4, -0.2) is 33.6 Å². The second kappa shape index (κ2) is 8.75. The predicted molar refractivity (Wildman–Crippen MR) is 120 cm³/mol. The molecule has 1 atom stereocenters. The molecule has 0 saturated carbocycles. The Bertz CT molecular complexity index is 1060. The molecule has 7 heteroatoms. The molecule has 4 rings (SSSR count). The number of carbonyl (C=O) groups excluding carboxylic acids is 2. The molecule has 154 valence electrons. The topological polar surface area (TPSA) is 78.1 Å². The number of thioether (sulfide) groups is 1. The summed E-state index contributed by atoms with van der Waals surface area (Å²) >= 11 is 1.39. The van der Waals surface area contributed by atoms with Crippen LogP contribution in [0.3, 0.4) is 0 Å². The van der Waals surface area contributed by atoms with E-state index in [1.54, 1.807) is 4.90 Å². The molecule has 0 aliphatic carbocycles. The summed E-state index contributed by atoms with van der Waals surface area (Å²) in [6.07, 6.45) is 1.02. The zero-order chi connectivity index (χ0) is 21.1. The van der Waals surface area contributed by atoms with Crippen LogP contribution >= 0.6 is 11.8 Å². The zero-order valence-corrected chi connectivity index (χ0v) is 17.8.